The second-order valence-corrected chi connectivity index (χ2v) is 9.74. The molecule has 0 bridgehead atoms. The molecule has 1 aliphatic heterocycles. The molecule has 2 atom stereocenters. The first-order valence-corrected chi connectivity index (χ1v) is 12.2. The van der Waals surface area contributed by atoms with E-state index in [4.69, 9.17) is 4.74 Å². The minimum atomic E-state index is -5.00. The average molecular weight is 545 g/mol. The summed E-state index contributed by atoms with van der Waals surface area (Å²) >= 11 is 0. The minimum absolute atomic E-state index is 0.0617. The molecule has 1 heterocycles. The number of ether oxygens (including phenoxy) is 1. The van der Waals surface area contributed by atoms with E-state index in [1.807, 2.05) is 6.92 Å². The molecule has 0 N–H and O–H groups in total. The van der Waals surface area contributed by atoms with Crippen LogP contribution < -0.4 is 4.90 Å². The fraction of sp³-hybridized carbons (Fsp3) is 0.481. The van der Waals surface area contributed by atoms with Gasteiger partial charge in [-0.3, -0.25) is 9.69 Å². The van der Waals surface area contributed by atoms with Gasteiger partial charge in [-0.15, -0.1) is 0 Å². The Hall–Kier alpha value is -3.24. The van der Waals surface area contributed by atoms with E-state index in [9.17, 15) is 35.9 Å². The molecular weight excluding hydrogens is 514 g/mol. The minimum Gasteiger partial charge on any atom is -0.446 e. The summed E-state index contributed by atoms with van der Waals surface area (Å²) in [4.78, 5) is 28.6. The number of benzene rings is 2. The Morgan fingerprint density at radius 3 is 2.08 bits per heavy atom. The van der Waals surface area contributed by atoms with Gasteiger partial charge in [-0.1, -0.05) is 24.6 Å². The van der Waals surface area contributed by atoms with Crippen molar-refractivity contribution in [3.8, 4) is 0 Å². The lowest BCUT2D eigenvalue weighted by atomic mass is 9.87. The molecule has 5 nitrogen and oxygen atoms in total. The van der Waals surface area contributed by atoms with Gasteiger partial charge in [0, 0.05) is 19.5 Å². The number of hydrogen-bond acceptors (Lipinski definition) is 3. The summed E-state index contributed by atoms with van der Waals surface area (Å²) in [5, 5.41) is 0. The van der Waals surface area contributed by atoms with Crippen LogP contribution in [-0.2, 0) is 28.4 Å². The van der Waals surface area contributed by atoms with Crippen LogP contribution in [0.2, 0.25) is 0 Å². The molecule has 0 radical (unpaired) electrons. The lowest BCUT2D eigenvalue weighted by molar-refractivity contribution is -0.143. The van der Waals surface area contributed by atoms with Gasteiger partial charge in [-0.25, -0.2) is 4.79 Å². The van der Waals surface area contributed by atoms with Crippen LogP contribution in [0.5, 0.6) is 0 Å². The van der Waals surface area contributed by atoms with Crippen molar-refractivity contribution >= 4 is 17.7 Å². The van der Waals surface area contributed by atoms with Crippen molar-refractivity contribution in [1.29, 1.82) is 0 Å². The van der Waals surface area contributed by atoms with Crippen LogP contribution in [0.15, 0.2) is 36.4 Å². The van der Waals surface area contributed by atoms with Gasteiger partial charge in [0.15, 0.2) is 0 Å². The molecule has 208 valence electrons. The van der Waals surface area contributed by atoms with Crippen molar-refractivity contribution in [3.63, 3.8) is 0 Å². The van der Waals surface area contributed by atoms with E-state index >= 15 is 0 Å². The fourth-order valence-corrected chi connectivity index (χ4v) is 4.75. The standard InChI is InChI=1S/C27H30F6N2O3/c1-6-21-13-24(22-9-16(4)7-8-23(22)35(21)25(37)38-15(2)3)34(17(5)36)14-18-10-19(26(28,29)30)12-20(11-18)27(31,32)33/h7-12,15,21,24H,6,13-14H2,1-5H3/t21-,24+/m1/s1. The van der Waals surface area contributed by atoms with Crippen LogP contribution in [0, 0.1) is 6.92 Å². The third kappa shape index (κ3) is 6.42. The molecule has 0 saturated carbocycles. The molecule has 0 fully saturated rings. The van der Waals surface area contributed by atoms with Gasteiger partial charge < -0.3 is 9.64 Å². The maximum atomic E-state index is 13.4. The zero-order valence-corrected chi connectivity index (χ0v) is 21.7. The van der Waals surface area contributed by atoms with Crippen LogP contribution in [0.25, 0.3) is 0 Å². The van der Waals surface area contributed by atoms with Crippen molar-refractivity contribution in [1.82, 2.24) is 4.90 Å². The number of rotatable bonds is 5. The van der Waals surface area contributed by atoms with Crippen LogP contribution in [0.4, 0.5) is 36.8 Å². The smallest absolute Gasteiger partial charge is 0.416 e. The van der Waals surface area contributed by atoms with Gasteiger partial charge in [-0.05, 0) is 69.0 Å². The number of amides is 2. The van der Waals surface area contributed by atoms with Gasteiger partial charge in [0.05, 0.1) is 29.0 Å². The first kappa shape index (κ1) is 29.3. The molecule has 0 unspecified atom stereocenters. The van der Waals surface area contributed by atoms with Crippen LogP contribution in [-0.4, -0.2) is 29.0 Å². The number of nitrogens with zero attached hydrogens (tertiary/aromatic N) is 2. The number of anilines is 1. The third-order valence-corrected chi connectivity index (χ3v) is 6.45. The number of halogens is 6. The fourth-order valence-electron chi connectivity index (χ4n) is 4.75. The quantitative estimate of drug-likeness (QED) is 0.363. The van der Waals surface area contributed by atoms with Crippen molar-refractivity contribution in [2.24, 2.45) is 0 Å². The van der Waals surface area contributed by atoms with Gasteiger partial charge >= 0.3 is 18.4 Å². The Balaban J connectivity index is 2.12. The third-order valence-electron chi connectivity index (χ3n) is 6.45. The monoisotopic (exact) mass is 544 g/mol. The highest BCUT2D eigenvalue weighted by Crippen LogP contribution is 2.43. The first-order chi connectivity index (χ1) is 17.5. The zero-order chi connectivity index (χ0) is 28.6. The van der Waals surface area contributed by atoms with E-state index in [1.54, 1.807) is 39.0 Å². The lowest BCUT2D eigenvalue weighted by Gasteiger charge is -2.44. The van der Waals surface area contributed by atoms with Gasteiger partial charge in [0.1, 0.15) is 0 Å². The van der Waals surface area contributed by atoms with E-state index in [2.05, 4.69) is 0 Å². The number of carbonyl (C=O) groups excluding carboxylic acids is 2. The second-order valence-electron chi connectivity index (χ2n) is 9.74. The first-order valence-electron chi connectivity index (χ1n) is 12.2. The van der Waals surface area contributed by atoms with Crippen molar-refractivity contribution in [2.75, 3.05) is 4.90 Å². The SMILES string of the molecule is CC[C@@H]1C[C@H](N(Cc2cc(C(F)(F)F)cc(C(F)(F)F)c2)C(C)=O)c2cc(C)ccc2N1C(=O)OC(C)C. The van der Waals surface area contributed by atoms with Crippen molar-refractivity contribution in [2.45, 2.75) is 84.5 Å². The molecule has 2 aromatic carbocycles. The topological polar surface area (TPSA) is 49.9 Å². The summed E-state index contributed by atoms with van der Waals surface area (Å²) in [6, 6.07) is 5.48. The number of fused-ring (bicyclic) bond motifs is 1. The van der Waals surface area contributed by atoms with Crippen molar-refractivity contribution in [3.05, 3.63) is 64.2 Å². The summed E-state index contributed by atoms with van der Waals surface area (Å²) in [6.07, 6.45) is -10.3. The number of alkyl halides is 6. The maximum Gasteiger partial charge on any atom is 0.416 e. The zero-order valence-electron chi connectivity index (χ0n) is 21.7. The predicted molar refractivity (Wildman–Crippen MR) is 129 cm³/mol. The molecule has 0 aromatic heterocycles. The number of carbonyl (C=O) groups is 2. The summed E-state index contributed by atoms with van der Waals surface area (Å²) in [7, 11) is 0. The predicted octanol–water partition coefficient (Wildman–Crippen LogP) is 7.66. The molecule has 2 aromatic rings. The van der Waals surface area contributed by atoms with E-state index in [1.165, 1.54) is 16.7 Å². The van der Waals surface area contributed by atoms with Crippen LogP contribution in [0.3, 0.4) is 0 Å². The summed E-state index contributed by atoms with van der Waals surface area (Å²) in [6.45, 7) is 7.81. The van der Waals surface area contributed by atoms with Crippen LogP contribution >= 0.6 is 0 Å². The van der Waals surface area contributed by atoms with E-state index < -0.39 is 54.1 Å². The Bertz CT molecular complexity index is 1160. The molecular formula is C27H30F6N2O3. The molecule has 0 saturated heterocycles. The van der Waals surface area contributed by atoms with Gasteiger partial charge in [0.25, 0.3) is 0 Å². The molecule has 0 spiro atoms. The van der Waals surface area contributed by atoms with E-state index in [-0.39, 0.29) is 24.2 Å². The van der Waals surface area contributed by atoms with E-state index in [0.717, 1.165) is 5.56 Å². The van der Waals surface area contributed by atoms with Crippen molar-refractivity contribution < 1.29 is 40.7 Å². The largest absolute Gasteiger partial charge is 0.446 e. The lowest BCUT2D eigenvalue weighted by Crippen LogP contribution is -2.48. The summed E-state index contributed by atoms with van der Waals surface area (Å²) in [5.41, 5.74) is -1.34. The highest BCUT2D eigenvalue weighted by molar-refractivity contribution is 5.90. The highest BCUT2D eigenvalue weighted by Gasteiger charge is 2.41. The Kier molecular flexibility index (Phi) is 8.38. The van der Waals surface area contributed by atoms with E-state index in [0.29, 0.717) is 29.8 Å². The normalized spacial score (nSPS) is 17.8. The maximum absolute atomic E-state index is 13.4. The molecule has 38 heavy (non-hydrogen) atoms. The Morgan fingerprint density at radius 1 is 1.03 bits per heavy atom. The van der Waals surface area contributed by atoms with Gasteiger partial charge in [0.2, 0.25) is 5.91 Å². The second kappa shape index (κ2) is 10.9. The molecule has 11 heteroatoms. The molecule has 0 aliphatic carbocycles. The number of hydrogen-bond donors (Lipinski definition) is 0. The molecule has 3 rings (SSSR count). The van der Waals surface area contributed by atoms with Gasteiger partial charge in [-0.2, -0.15) is 26.3 Å². The molecule has 1 aliphatic rings. The summed E-state index contributed by atoms with van der Waals surface area (Å²) in [5.74, 6) is -0.526. The van der Waals surface area contributed by atoms with Crippen LogP contribution in [0.1, 0.15) is 74.4 Å². The number of aryl methyl sites for hydroxylation is 1. The highest BCUT2D eigenvalue weighted by atomic mass is 19.4. The molecule has 2 amide bonds. The Morgan fingerprint density at radius 2 is 1.61 bits per heavy atom. The Labute approximate surface area is 217 Å². The summed E-state index contributed by atoms with van der Waals surface area (Å²) < 4.78 is 86.1. The average Bonchev–Trinajstić information content (AvgIpc) is 2.79.